The van der Waals surface area contributed by atoms with Crippen LogP contribution in [-0.4, -0.2) is 32.6 Å². The Hall–Kier alpha value is -3.42. The zero-order valence-electron chi connectivity index (χ0n) is 16.3. The maximum atomic E-state index is 12.6. The van der Waals surface area contributed by atoms with Crippen molar-refractivity contribution in [1.82, 2.24) is 14.7 Å². The average Bonchev–Trinajstić information content (AvgIpc) is 3.17. The fourth-order valence-corrected chi connectivity index (χ4v) is 3.13. The van der Waals surface area contributed by atoms with Gasteiger partial charge in [-0.1, -0.05) is 12.1 Å². The van der Waals surface area contributed by atoms with Crippen LogP contribution in [0.5, 0.6) is 0 Å². The van der Waals surface area contributed by atoms with Crippen LogP contribution in [0.2, 0.25) is 0 Å². The van der Waals surface area contributed by atoms with E-state index in [1.165, 1.54) is 0 Å². The third-order valence-corrected chi connectivity index (χ3v) is 4.59. The molecule has 0 atom stereocenters. The van der Waals surface area contributed by atoms with Gasteiger partial charge < -0.3 is 9.32 Å². The molecule has 28 heavy (non-hydrogen) atoms. The number of carbonyl (C=O) groups is 1. The van der Waals surface area contributed by atoms with E-state index in [2.05, 4.69) is 5.10 Å². The molecule has 0 aliphatic rings. The summed E-state index contributed by atoms with van der Waals surface area (Å²) < 4.78 is 7.12. The van der Waals surface area contributed by atoms with Gasteiger partial charge in [-0.3, -0.25) is 19.6 Å². The summed E-state index contributed by atoms with van der Waals surface area (Å²) >= 11 is 0. The first-order valence-corrected chi connectivity index (χ1v) is 8.84. The molecule has 146 valence electrons. The summed E-state index contributed by atoms with van der Waals surface area (Å²) in [4.78, 5) is 24.9. The molecular formula is C20H22N4O4. The van der Waals surface area contributed by atoms with E-state index in [-0.39, 0.29) is 11.6 Å². The molecule has 2 heterocycles. The van der Waals surface area contributed by atoms with Gasteiger partial charge in [-0.15, -0.1) is 0 Å². The topological polar surface area (TPSA) is 94.4 Å². The molecule has 0 bridgehead atoms. The van der Waals surface area contributed by atoms with Crippen LogP contribution < -0.4 is 0 Å². The zero-order chi connectivity index (χ0) is 20.4. The normalized spacial score (nSPS) is 10.9. The van der Waals surface area contributed by atoms with Gasteiger partial charge in [-0.2, -0.15) is 5.10 Å². The van der Waals surface area contributed by atoms with E-state index in [9.17, 15) is 14.9 Å². The summed E-state index contributed by atoms with van der Waals surface area (Å²) in [5, 5.41) is 15.4. The lowest BCUT2D eigenvalue weighted by Crippen LogP contribution is -2.26. The van der Waals surface area contributed by atoms with Crippen molar-refractivity contribution in [1.29, 1.82) is 0 Å². The number of benzene rings is 1. The molecule has 0 aliphatic heterocycles. The Morgan fingerprint density at radius 3 is 2.39 bits per heavy atom. The Balaban J connectivity index is 1.70. The molecule has 0 N–H and O–H groups in total. The van der Waals surface area contributed by atoms with Gasteiger partial charge in [0.2, 0.25) is 0 Å². The van der Waals surface area contributed by atoms with Crippen molar-refractivity contribution in [3.8, 4) is 0 Å². The minimum Gasteiger partial charge on any atom is -0.464 e. The first kappa shape index (κ1) is 19.3. The Morgan fingerprint density at radius 1 is 1.18 bits per heavy atom. The smallest absolute Gasteiger partial charge is 0.312 e. The minimum absolute atomic E-state index is 0.0431. The SMILES string of the molecule is Cc1ccc(CN(C)C(=O)c2ccc(Cn3nc(C)c([N+](=O)[O-])c3C)cc2)o1. The van der Waals surface area contributed by atoms with Gasteiger partial charge >= 0.3 is 5.69 Å². The van der Waals surface area contributed by atoms with Gasteiger partial charge in [-0.25, -0.2) is 0 Å². The van der Waals surface area contributed by atoms with E-state index < -0.39 is 4.92 Å². The van der Waals surface area contributed by atoms with Gasteiger partial charge in [-0.05, 0) is 50.6 Å². The van der Waals surface area contributed by atoms with E-state index in [0.29, 0.717) is 30.0 Å². The largest absolute Gasteiger partial charge is 0.464 e. The van der Waals surface area contributed by atoms with Gasteiger partial charge in [0.15, 0.2) is 0 Å². The second-order valence-electron chi connectivity index (χ2n) is 6.80. The van der Waals surface area contributed by atoms with Crippen molar-refractivity contribution in [2.45, 2.75) is 33.9 Å². The molecule has 8 heteroatoms. The molecule has 0 saturated carbocycles. The number of hydrogen-bond donors (Lipinski definition) is 0. The number of aryl methyl sites for hydroxylation is 2. The van der Waals surface area contributed by atoms with E-state index in [4.69, 9.17) is 4.42 Å². The summed E-state index contributed by atoms with van der Waals surface area (Å²) in [5.74, 6) is 1.43. The lowest BCUT2D eigenvalue weighted by atomic mass is 10.1. The highest BCUT2D eigenvalue weighted by molar-refractivity contribution is 5.94. The zero-order valence-corrected chi connectivity index (χ0v) is 16.3. The molecule has 0 fully saturated rings. The van der Waals surface area contributed by atoms with Crippen molar-refractivity contribution in [2.75, 3.05) is 7.05 Å². The van der Waals surface area contributed by atoms with Gasteiger partial charge in [0.25, 0.3) is 5.91 Å². The Kier molecular flexibility index (Phi) is 5.30. The lowest BCUT2D eigenvalue weighted by Gasteiger charge is -2.16. The number of nitrogens with zero attached hydrogens (tertiary/aromatic N) is 4. The molecule has 0 aliphatic carbocycles. The highest BCUT2D eigenvalue weighted by Crippen LogP contribution is 2.22. The predicted octanol–water partition coefficient (Wildman–Crippen LogP) is 3.63. The lowest BCUT2D eigenvalue weighted by molar-refractivity contribution is -0.386. The number of carbonyl (C=O) groups excluding carboxylic acids is 1. The van der Waals surface area contributed by atoms with E-state index in [1.807, 2.05) is 31.2 Å². The van der Waals surface area contributed by atoms with Crippen LogP contribution >= 0.6 is 0 Å². The van der Waals surface area contributed by atoms with Crippen LogP contribution in [0, 0.1) is 30.9 Å². The first-order chi connectivity index (χ1) is 13.3. The van der Waals surface area contributed by atoms with E-state index in [0.717, 1.165) is 17.1 Å². The maximum absolute atomic E-state index is 12.6. The molecule has 0 radical (unpaired) electrons. The van der Waals surface area contributed by atoms with Crippen LogP contribution in [0.1, 0.15) is 38.8 Å². The highest BCUT2D eigenvalue weighted by atomic mass is 16.6. The molecule has 1 amide bonds. The fraction of sp³-hybridized carbons (Fsp3) is 0.300. The third kappa shape index (κ3) is 3.95. The van der Waals surface area contributed by atoms with Gasteiger partial charge in [0.05, 0.1) is 18.0 Å². The second-order valence-corrected chi connectivity index (χ2v) is 6.80. The average molecular weight is 382 g/mol. The quantitative estimate of drug-likeness (QED) is 0.479. The Morgan fingerprint density at radius 2 is 1.86 bits per heavy atom. The predicted molar refractivity (Wildman–Crippen MR) is 103 cm³/mol. The van der Waals surface area contributed by atoms with Gasteiger partial charge in [0.1, 0.15) is 22.9 Å². The number of rotatable bonds is 6. The molecule has 8 nitrogen and oxygen atoms in total. The Labute approximate surface area is 162 Å². The number of nitro groups is 1. The third-order valence-electron chi connectivity index (χ3n) is 4.59. The minimum atomic E-state index is -0.410. The summed E-state index contributed by atoms with van der Waals surface area (Å²) in [6.45, 7) is 5.96. The van der Waals surface area contributed by atoms with Crippen molar-refractivity contribution in [3.63, 3.8) is 0 Å². The Bertz CT molecular complexity index is 1020. The molecular weight excluding hydrogens is 360 g/mol. The van der Waals surface area contributed by atoms with Crippen molar-refractivity contribution < 1.29 is 14.1 Å². The monoisotopic (exact) mass is 382 g/mol. The number of furan rings is 1. The molecule has 3 rings (SSSR count). The standard InChI is InChI=1S/C20H22N4O4/c1-13-5-10-18(28-13)12-22(4)20(25)17-8-6-16(7-9-17)11-23-15(3)19(24(26)27)14(2)21-23/h5-10H,11-12H2,1-4H3. The maximum Gasteiger partial charge on any atom is 0.312 e. The van der Waals surface area contributed by atoms with Crippen LogP contribution in [0.4, 0.5) is 5.69 Å². The van der Waals surface area contributed by atoms with Crippen molar-refractivity contribution >= 4 is 11.6 Å². The van der Waals surface area contributed by atoms with Crippen LogP contribution in [-0.2, 0) is 13.1 Å². The van der Waals surface area contributed by atoms with Crippen LogP contribution in [0.3, 0.4) is 0 Å². The second kappa shape index (κ2) is 7.67. The summed E-state index contributed by atoms with van der Waals surface area (Å²) in [7, 11) is 1.73. The van der Waals surface area contributed by atoms with Crippen LogP contribution in [0.15, 0.2) is 40.8 Å². The van der Waals surface area contributed by atoms with E-state index >= 15 is 0 Å². The molecule has 1 aromatic carbocycles. The molecule has 2 aromatic heterocycles. The molecule has 3 aromatic rings. The summed E-state index contributed by atoms with van der Waals surface area (Å²) in [5.41, 5.74) is 2.41. The van der Waals surface area contributed by atoms with E-state index in [1.54, 1.807) is 42.6 Å². The summed E-state index contributed by atoms with van der Waals surface area (Å²) in [6.07, 6.45) is 0. The van der Waals surface area contributed by atoms with Crippen LogP contribution in [0.25, 0.3) is 0 Å². The summed E-state index contributed by atoms with van der Waals surface area (Å²) in [6, 6.07) is 10.9. The van der Waals surface area contributed by atoms with Crippen molar-refractivity contribution in [2.24, 2.45) is 0 Å². The molecule has 0 saturated heterocycles. The molecule has 0 unspecified atom stereocenters. The molecule has 0 spiro atoms. The van der Waals surface area contributed by atoms with Crippen molar-refractivity contribution in [3.05, 3.63) is 80.5 Å². The highest BCUT2D eigenvalue weighted by Gasteiger charge is 2.21. The number of hydrogen-bond acceptors (Lipinski definition) is 5. The number of amides is 1. The number of aromatic nitrogens is 2. The first-order valence-electron chi connectivity index (χ1n) is 8.84. The fourth-order valence-electron chi connectivity index (χ4n) is 3.13. The van der Waals surface area contributed by atoms with Gasteiger partial charge in [0, 0.05) is 12.6 Å².